The lowest BCUT2D eigenvalue weighted by Gasteiger charge is -2.08. The second kappa shape index (κ2) is 9.77. The third-order valence-electron chi connectivity index (χ3n) is 2.76. The minimum absolute atomic E-state index is 0.766. The van der Waals surface area contributed by atoms with Crippen LogP contribution in [0.25, 0.3) is 0 Å². The Morgan fingerprint density at radius 2 is 1.83 bits per heavy atom. The average molecular weight is 251 g/mol. The van der Waals surface area contributed by atoms with Gasteiger partial charge in [0.25, 0.3) is 0 Å². The van der Waals surface area contributed by atoms with Gasteiger partial charge in [0.2, 0.25) is 0 Å². The van der Waals surface area contributed by atoms with Gasteiger partial charge in [0.05, 0.1) is 13.7 Å². The van der Waals surface area contributed by atoms with Crippen molar-refractivity contribution < 1.29 is 9.47 Å². The van der Waals surface area contributed by atoms with E-state index >= 15 is 0 Å². The molecule has 0 spiro atoms. The fourth-order valence-electron chi connectivity index (χ4n) is 1.66. The van der Waals surface area contributed by atoms with Gasteiger partial charge in [-0.3, -0.25) is 0 Å². The zero-order chi connectivity index (χ0) is 13.1. The zero-order valence-corrected chi connectivity index (χ0v) is 11.6. The second-order valence-electron chi connectivity index (χ2n) is 4.34. The highest BCUT2D eigenvalue weighted by Gasteiger charge is 1.96. The van der Waals surface area contributed by atoms with Crippen LogP contribution in [0.5, 0.6) is 11.5 Å². The summed E-state index contributed by atoms with van der Waals surface area (Å²) in [7, 11) is 1.67. The van der Waals surface area contributed by atoms with Crippen LogP contribution in [-0.2, 0) is 0 Å². The number of nitrogens with one attached hydrogen (secondary N) is 1. The summed E-state index contributed by atoms with van der Waals surface area (Å²) in [6.07, 6.45) is 4.76. The molecule has 0 aromatic heterocycles. The van der Waals surface area contributed by atoms with Gasteiger partial charge in [0.15, 0.2) is 0 Å². The highest BCUT2D eigenvalue weighted by atomic mass is 16.5. The third-order valence-corrected chi connectivity index (χ3v) is 2.76. The van der Waals surface area contributed by atoms with Gasteiger partial charge in [0, 0.05) is 6.07 Å². The van der Waals surface area contributed by atoms with Crippen molar-refractivity contribution in [3.63, 3.8) is 0 Å². The maximum atomic E-state index is 5.67. The van der Waals surface area contributed by atoms with Crippen molar-refractivity contribution in [3.8, 4) is 11.5 Å². The van der Waals surface area contributed by atoms with Gasteiger partial charge in [-0.15, -0.1) is 0 Å². The molecule has 0 unspecified atom stereocenters. The maximum absolute atomic E-state index is 5.67. The van der Waals surface area contributed by atoms with E-state index in [9.17, 15) is 0 Å². The molecule has 18 heavy (non-hydrogen) atoms. The standard InChI is InChI=1S/C15H25NO2/c1-3-4-10-16-11-5-6-12-18-15-9-7-8-14(13-15)17-2/h7-9,13,16H,3-6,10-12H2,1-2H3. The van der Waals surface area contributed by atoms with Gasteiger partial charge in [-0.2, -0.15) is 0 Å². The largest absolute Gasteiger partial charge is 0.497 e. The lowest BCUT2D eigenvalue weighted by atomic mass is 10.3. The highest BCUT2D eigenvalue weighted by molar-refractivity contribution is 5.32. The fraction of sp³-hybridized carbons (Fsp3) is 0.600. The van der Waals surface area contributed by atoms with E-state index in [1.54, 1.807) is 7.11 Å². The van der Waals surface area contributed by atoms with Crippen LogP contribution in [0.3, 0.4) is 0 Å². The van der Waals surface area contributed by atoms with Gasteiger partial charge < -0.3 is 14.8 Å². The van der Waals surface area contributed by atoms with Gasteiger partial charge in [-0.25, -0.2) is 0 Å². The fourth-order valence-corrected chi connectivity index (χ4v) is 1.66. The van der Waals surface area contributed by atoms with Gasteiger partial charge in [-0.05, 0) is 44.5 Å². The summed E-state index contributed by atoms with van der Waals surface area (Å²) < 4.78 is 10.8. The van der Waals surface area contributed by atoms with E-state index in [4.69, 9.17) is 9.47 Å². The van der Waals surface area contributed by atoms with Crippen LogP contribution in [0, 0.1) is 0 Å². The Bertz CT molecular complexity index is 315. The summed E-state index contributed by atoms with van der Waals surface area (Å²) >= 11 is 0. The summed E-state index contributed by atoms with van der Waals surface area (Å²) in [4.78, 5) is 0. The first-order valence-electron chi connectivity index (χ1n) is 6.84. The number of methoxy groups -OCH3 is 1. The van der Waals surface area contributed by atoms with E-state index in [-0.39, 0.29) is 0 Å². The SMILES string of the molecule is CCCCNCCCCOc1cccc(OC)c1. The molecule has 0 aliphatic carbocycles. The molecule has 0 amide bonds. The summed E-state index contributed by atoms with van der Waals surface area (Å²) in [6.45, 7) is 5.20. The van der Waals surface area contributed by atoms with Crippen molar-refractivity contribution in [2.24, 2.45) is 0 Å². The quantitative estimate of drug-likeness (QED) is 0.648. The van der Waals surface area contributed by atoms with Crippen LogP contribution in [0.1, 0.15) is 32.6 Å². The van der Waals surface area contributed by atoms with Crippen molar-refractivity contribution in [1.82, 2.24) is 5.32 Å². The Morgan fingerprint density at radius 3 is 2.61 bits per heavy atom. The molecule has 1 aromatic rings. The molecule has 0 atom stereocenters. The van der Waals surface area contributed by atoms with E-state index in [0.717, 1.165) is 44.0 Å². The predicted molar refractivity (Wildman–Crippen MR) is 75.5 cm³/mol. The van der Waals surface area contributed by atoms with Gasteiger partial charge >= 0.3 is 0 Å². The molecule has 0 fully saturated rings. The maximum Gasteiger partial charge on any atom is 0.122 e. The normalized spacial score (nSPS) is 10.3. The molecule has 0 aliphatic heterocycles. The number of ether oxygens (including phenoxy) is 2. The van der Waals surface area contributed by atoms with Crippen LogP contribution >= 0.6 is 0 Å². The first kappa shape index (κ1) is 14.8. The molecule has 0 bridgehead atoms. The number of hydrogen-bond donors (Lipinski definition) is 1. The van der Waals surface area contributed by atoms with Crippen molar-refractivity contribution in [1.29, 1.82) is 0 Å². The molecule has 1 N–H and O–H groups in total. The van der Waals surface area contributed by atoms with Crippen molar-refractivity contribution in [3.05, 3.63) is 24.3 Å². The van der Waals surface area contributed by atoms with E-state index < -0.39 is 0 Å². The molecule has 0 heterocycles. The molecule has 3 heteroatoms. The summed E-state index contributed by atoms with van der Waals surface area (Å²) in [5, 5.41) is 3.43. The first-order chi connectivity index (χ1) is 8.86. The molecule has 3 nitrogen and oxygen atoms in total. The van der Waals surface area contributed by atoms with Gasteiger partial charge in [-0.1, -0.05) is 19.4 Å². The minimum atomic E-state index is 0.766. The predicted octanol–water partition coefficient (Wildman–Crippen LogP) is 3.24. The Labute approximate surface area is 110 Å². The molecule has 0 radical (unpaired) electrons. The molecule has 1 aromatic carbocycles. The number of benzene rings is 1. The Kier molecular flexibility index (Phi) is 8.06. The van der Waals surface area contributed by atoms with Crippen molar-refractivity contribution in [2.75, 3.05) is 26.8 Å². The average Bonchev–Trinajstić information content (AvgIpc) is 2.42. The molecule has 102 valence electrons. The topological polar surface area (TPSA) is 30.5 Å². The van der Waals surface area contributed by atoms with E-state index in [0.29, 0.717) is 0 Å². The summed E-state index contributed by atoms with van der Waals surface area (Å²) in [5.74, 6) is 1.72. The number of hydrogen-bond acceptors (Lipinski definition) is 3. The molecular weight excluding hydrogens is 226 g/mol. The lowest BCUT2D eigenvalue weighted by Crippen LogP contribution is -2.17. The second-order valence-corrected chi connectivity index (χ2v) is 4.34. The Morgan fingerprint density at radius 1 is 1.06 bits per heavy atom. The summed E-state index contributed by atoms with van der Waals surface area (Å²) in [6, 6.07) is 7.74. The van der Waals surface area contributed by atoms with Crippen molar-refractivity contribution in [2.45, 2.75) is 32.6 Å². The van der Waals surface area contributed by atoms with Crippen LogP contribution in [-0.4, -0.2) is 26.8 Å². The molecule has 0 aliphatic rings. The number of unbranched alkanes of at least 4 members (excludes halogenated alkanes) is 2. The molecule has 0 saturated carbocycles. The Balaban J connectivity index is 2.03. The minimum Gasteiger partial charge on any atom is -0.497 e. The monoisotopic (exact) mass is 251 g/mol. The van der Waals surface area contributed by atoms with E-state index in [1.807, 2.05) is 24.3 Å². The zero-order valence-electron chi connectivity index (χ0n) is 11.6. The van der Waals surface area contributed by atoms with Crippen LogP contribution in [0.2, 0.25) is 0 Å². The first-order valence-corrected chi connectivity index (χ1v) is 6.84. The molecular formula is C15H25NO2. The molecule has 1 rings (SSSR count). The van der Waals surface area contributed by atoms with E-state index in [1.165, 1.54) is 12.8 Å². The summed E-state index contributed by atoms with van der Waals surface area (Å²) in [5.41, 5.74) is 0. The highest BCUT2D eigenvalue weighted by Crippen LogP contribution is 2.18. The molecule has 0 saturated heterocycles. The van der Waals surface area contributed by atoms with E-state index in [2.05, 4.69) is 12.2 Å². The smallest absolute Gasteiger partial charge is 0.122 e. The Hall–Kier alpha value is -1.22. The lowest BCUT2D eigenvalue weighted by molar-refractivity contribution is 0.303. The van der Waals surface area contributed by atoms with Crippen LogP contribution in [0.4, 0.5) is 0 Å². The van der Waals surface area contributed by atoms with Crippen molar-refractivity contribution >= 4 is 0 Å². The van der Waals surface area contributed by atoms with Crippen LogP contribution in [0.15, 0.2) is 24.3 Å². The van der Waals surface area contributed by atoms with Crippen LogP contribution < -0.4 is 14.8 Å². The third kappa shape index (κ3) is 6.50. The number of rotatable bonds is 10. The van der Waals surface area contributed by atoms with Gasteiger partial charge in [0.1, 0.15) is 11.5 Å².